The summed E-state index contributed by atoms with van der Waals surface area (Å²) >= 11 is 0. The Hall–Kier alpha value is -1.65. The number of carbonyl (C=O) groups is 1. The SMILES string of the molecule is CCCCCC/C=C\C/C=C\CCCCCCCCCCOCC(CO)OC(=O)CCCCCCCCC/C=C\C/C=C\CCCCCC. The van der Waals surface area contributed by atoms with E-state index in [1.165, 1.54) is 154 Å². The van der Waals surface area contributed by atoms with Gasteiger partial charge in [0, 0.05) is 13.0 Å². The lowest BCUT2D eigenvalue weighted by Crippen LogP contribution is -2.27. The van der Waals surface area contributed by atoms with Crippen LogP contribution in [0.3, 0.4) is 0 Å². The Labute approximate surface area is 305 Å². The summed E-state index contributed by atoms with van der Waals surface area (Å²) in [5.74, 6) is -0.211. The normalized spacial score (nSPS) is 12.8. The lowest BCUT2D eigenvalue weighted by Gasteiger charge is -2.16. The highest BCUT2D eigenvalue weighted by Crippen LogP contribution is 2.13. The van der Waals surface area contributed by atoms with Crippen LogP contribution in [0.15, 0.2) is 48.6 Å². The summed E-state index contributed by atoms with van der Waals surface area (Å²) in [6.07, 6.45) is 54.5. The molecule has 0 aliphatic heterocycles. The van der Waals surface area contributed by atoms with E-state index in [4.69, 9.17) is 9.47 Å². The van der Waals surface area contributed by atoms with Crippen molar-refractivity contribution in [1.29, 1.82) is 0 Å². The second-order valence-electron chi connectivity index (χ2n) is 14.1. The Morgan fingerprint density at radius 3 is 1.27 bits per heavy atom. The van der Waals surface area contributed by atoms with E-state index in [1.54, 1.807) is 0 Å². The number of allylic oxidation sites excluding steroid dienone is 8. The zero-order chi connectivity index (χ0) is 35.6. The molecule has 4 heteroatoms. The van der Waals surface area contributed by atoms with E-state index in [0.717, 1.165) is 32.1 Å². The molecule has 0 aromatic rings. The smallest absolute Gasteiger partial charge is 0.306 e. The summed E-state index contributed by atoms with van der Waals surface area (Å²) in [5.41, 5.74) is 0. The number of carbonyl (C=O) groups excluding carboxylic acids is 1. The van der Waals surface area contributed by atoms with E-state index < -0.39 is 6.10 Å². The molecule has 0 aliphatic carbocycles. The predicted molar refractivity (Wildman–Crippen MR) is 214 cm³/mol. The van der Waals surface area contributed by atoms with Crippen LogP contribution >= 0.6 is 0 Å². The molecule has 286 valence electrons. The summed E-state index contributed by atoms with van der Waals surface area (Å²) in [6.45, 7) is 5.30. The van der Waals surface area contributed by atoms with Gasteiger partial charge >= 0.3 is 5.97 Å². The van der Waals surface area contributed by atoms with Crippen LogP contribution in [0.25, 0.3) is 0 Å². The number of hydrogen-bond donors (Lipinski definition) is 1. The highest BCUT2D eigenvalue weighted by Gasteiger charge is 2.13. The van der Waals surface area contributed by atoms with Crippen LogP contribution in [0.5, 0.6) is 0 Å². The number of unbranched alkanes of at least 4 members (excludes halogenated alkanes) is 23. The number of rotatable bonds is 39. The average molecular weight is 687 g/mol. The fourth-order valence-electron chi connectivity index (χ4n) is 5.92. The minimum Gasteiger partial charge on any atom is -0.457 e. The van der Waals surface area contributed by atoms with E-state index in [-0.39, 0.29) is 19.2 Å². The highest BCUT2D eigenvalue weighted by atomic mass is 16.6. The first kappa shape index (κ1) is 47.4. The monoisotopic (exact) mass is 687 g/mol. The van der Waals surface area contributed by atoms with Crippen LogP contribution < -0.4 is 0 Å². The Morgan fingerprint density at radius 2 is 0.857 bits per heavy atom. The third-order valence-electron chi connectivity index (χ3n) is 9.13. The van der Waals surface area contributed by atoms with E-state index in [2.05, 4.69) is 62.5 Å². The summed E-state index contributed by atoms with van der Waals surface area (Å²) in [4.78, 5) is 12.2. The van der Waals surface area contributed by atoms with Crippen molar-refractivity contribution in [1.82, 2.24) is 0 Å². The van der Waals surface area contributed by atoms with Crippen molar-refractivity contribution >= 4 is 5.97 Å². The molecule has 1 N–H and O–H groups in total. The molecule has 0 saturated heterocycles. The van der Waals surface area contributed by atoms with Gasteiger partial charge < -0.3 is 14.6 Å². The van der Waals surface area contributed by atoms with Crippen molar-refractivity contribution in [2.75, 3.05) is 19.8 Å². The Bertz CT molecular complexity index is 768. The van der Waals surface area contributed by atoms with Gasteiger partial charge in [-0.05, 0) is 77.0 Å². The predicted octanol–water partition coefficient (Wildman–Crippen LogP) is 13.9. The molecule has 49 heavy (non-hydrogen) atoms. The standard InChI is InChI=1S/C45H82O4/c1-3-5-7-9-11-13-15-17-19-21-23-25-27-29-31-33-35-37-39-41-48-43-44(42-46)49-45(47)40-38-36-34-32-30-28-26-24-22-20-18-16-14-12-10-8-6-4-2/h13-16,19-22,44,46H,3-12,17-18,23-43H2,1-2H3/b15-13-,16-14-,21-19-,22-20-. The first-order valence-electron chi connectivity index (χ1n) is 21.2. The van der Waals surface area contributed by atoms with Gasteiger partial charge in [0.05, 0.1) is 13.2 Å². The van der Waals surface area contributed by atoms with Crippen LogP contribution in [0.1, 0.15) is 206 Å². The number of esters is 1. The molecule has 1 atom stereocenters. The van der Waals surface area contributed by atoms with Crippen molar-refractivity contribution in [3.8, 4) is 0 Å². The van der Waals surface area contributed by atoms with Gasteiger partial charge in [0.25, 0.3) is 0 Å². The molecule has 1 unspecified atom stereocenters. The summed E-state index contributed by atoms with van der Waals surface area (Å²) in [7, 11) is 0. The highest BCUT2D eigenvalue weighted by molar-refractivity contribution is 5.69. The van der Waals surface area contributed by atoms with Crippen LogP contribution in [0, 0.1) is 0 Å². The van der Waals surface area contributed by atoms with E-state index in [9.17, 15) is 9.90 Å². The summed E-state index contributed by atoms with van der Waals surface area (Å²) < 4.78 is 11.2. The van der Waals surface area contributed by atoms with Gasteiger partial charge in [0.2, 0.25) is 0 Å². The summed E-state index contributed by atoms with van der Waals surface area (Å²) in [5, 5.41) is 9.60. The molecule has 4 nitrogen and oxygen atoms in total. The minimum absolute atomic E-state index is 0.178. The van der Waals surface area contributed by atoms with Gasteiger partial charge in [-0.3, -0.25) is 4.79 Å². The van der Waals surface area contributed by atoms with Crippen LogP contribution in [-0.4, -0.2) is 37.0 Å². The van der Waals surface area contributed by atoms with Crippen molar-refractivity contribution in [2.24, 2.45) is 0 Å². The molecule has 0 aliphatic rings. The van der Waals surface area contributed by atoms with Crippen LogP contribution in [-0.2, 0) is 14.3 Å². The van der Waals surface area contributed by atoms with Crippen molar-refractivity contribution in [2.45, 2.75) is 213 Å². The van der Waals surface area contributed by atoms with Crippen LogP contribution in [0.2, 0.25) is 0 Å². The average Bonchev–Trinajstić information content (AvgIpc) is 3.11. The Balaban J connectivity index is 3.46. The second kappa shape index (κ2) is 42.5. The van der Waals surface area contributed by atoms with Crippen molar-refractivity contribution < 1.29 is 19.4 Å². The third kappa shape index (κ3) is 40.7. The molecule has 0 fully saturated rings. The molecular weight excluding hydrogens is 604 g/mol. The van der Waals surface area contributed by atoms with Gasteiger partial charge in [0.1, 0.15) is 6.10 Å². The Morgan fingerprint density at radius 1 is 0.490 bits per heavy atom. The lowest BCUT2D eigenvalue weighted by atomic mass is 10.1. The first-order valence-corrected chi connectivity index (χ1v) is 21.2. The molecule has 0 rings (SSSR count). The molecule has 0 saturated carbocycles. The third-order valence-corrected chi connectivity index (χ3v) is 9.13. The fraction of sp³-hybridized carbons (Fsp3) is 0.800. The van der Waals surface area contributed by atoms with E-state index in [1.807, 2.05) is 0 Å². The maximum Gasteiger partial charge on any atom is 0.306 e. The number of ether oxygens (including phenoxy) is 2. The Kier molecular flexibility index (Phi) is 41.1. The molecule has 0 aromatic carbocycles. The minimum atomic E-state index is -0.542. The maximum absolute atomic E-state index is 12.2. The van der Waals surface area contributed by atoms with Gasteiger partial charge in [0.15, 0.2) is 0 Å². The van der Waals surface area contributed by atoms with Crippen molar-refractivity contribution in [3.63, 3.8) is 0 Å². The molecule has 0 aromatic heterocycles. The van der Waals surface area contributed by atoms with Crippen molar-refractivity contribution in [3.05, 3.63) is 48.6 Å². The lowest BCUT2D eigenvalue weighted by molar-refractivity contribution is -0.154. The van der Waals surface area contributed by atoms with Crippen LogP contribution in [0.4, 0.5) is 0 Å². The topological polar surface area (TPSA) is 55.8 Å². The molecule has 0 heterocycles. The molecule has 0 radical (unpaired) electrons. The largest absolute Gasteiger partial charge is 0.457 e. The molecular formula is C45H82O4. The number of aliphatic hydroxyl groups is 1. The van der Waals surface area contributed by atoms with Gasteiger partial charge in [-0.1, -0.05) is 172 Å². The zero-order valence-electron chi connectivity index (χ0n) is 32.7. The van der Waals surface area contributed by atoms with E-state index in [0.29, 0.717) is 13.0 Å². The number of aliphatic hydroxyl groups excluding tert-OH is 1. The van der Waals surface area contributed by atoms with Gasteiger partial charge in [-0.15, -0.1) is 0 Å². The first-order chi connectivity index (χ1) is 24.2. The number of hydrogen-bond acceptors (Lipinski definition) is 4. The molecule has 0 spiro atoms. The quantitative estimate of drug-likeness (QED) is 0.0397. The molecule has 0 amide bonds. The van der Waals surface area contributed by atoms with E-state index >= 15 is 0 Å². The summed E-state index contributed by atoms with van der Waals surface area (Å²) in [6, 6.07) is 0. The fourth-order valence-corrected chi connectivity index (χ4v) is 5.92. The molecule has 0 bridgehead atoms. The zero-order valence-corrected chi connectivity index (χ0v) is 32.7. The maximum atomic E-state index is 12.2. The van der Waals surface area contributed by atoms with Gasteiger partial charge in [-0.25, -0.2) is 0 Å². The second-order valence-corrected chi connectivity index (χ2v) is 14.1. The van der Waals surface area contributed by atoms with Gasteiger partial charge in [-0.2, -0.15) is 0 Å².